The zero-order valence-electron chi connectivity index (χ0n) is 27.3. The first kappa shape index (κ1) is 35.9. The van der Waals surface area contributed by atoms with E-state index >= 15 is 0 Å². The molecule has 0 amide bonds. The van der Waals surface area contributed by atoms with Gasteiger partial charge in [0.2, 0.25) is 17.5 Å². The van der Waals surface area contributed by atoms with Crippen LogP contribution in [0.5, 0.6) is 5.88 Å². The Kier molecular flexibility index (Phi) is 13.6. The lowest BCUT2D eigenvalue weighted by Gasteiger charge is -2.42. The van der Waals surface area contributed by atoms with Crippen molar-refractivity contribution in [2.24, 2.45) is 0 Å². The molecule has 2 aliphatic carbocycles. The number of likely N-dealkylation sites (tertiary alicyclic amines) is 1. The highest BCUT2D eigenvalue weighted by atomic mass is 16.5. The molecule has 6 N–H and O–H groups in total. The van der Waals surface area contributed by atoms with Crippen molar-refractivity contribution in [3.05, 3.63) is 11.3 Å². The third-order valence-corrected chi connectivity index (χ3v) is 9.43. The first-order chi connectivity index (χ1) is 20.9. The first-order valence-electron chi connectivity index (χ1n) is 15.8. The SMILES string of the molecule is C1CCOC1.CNc1nc(-c2onc3c2CCC[C@@]32CCCCC2O)nc(O[C@@H](C)C2C[C@@H](OC)CN2C)c1NC.CO.O. The minimum Gasteiger partial charge on any atom is -0.471 e. The van der Waals surface area contributed by atoms with Gasteiger partial charge < -0.3 is 45.1 Å². The molecule has 0 aromatic carbocycles. The van der Waals surface area contributed by atoms with E-state index in [1.54, 1.807) is 7.11 Å². The van der Waals surface area contributed by atoms with Gasteiger partial charge in [-0.1, -0.05) is 18.0 Å². The van der Waals surface area contributed by atoms with Crippen LogP contribution < -0.4 is 15.4 Å². The number of hydrogen-bond acceptors (Lipinski definition) is 12. The van der Waals surface area contributed by atoms with E-state index in [2.05, 4.69) is 34.7 Å². The summed E-state index contributed by atoms with van der Waals surface area (Å²) in [6.07, 6.45) is 9.85. The normalized spacial score (nSPS) is 26.8. The fourth-order valence-electron chi connectivity index (χ4n) is 7.10. The predicted octanol–water partition coefficient (Wildman–Crippen LogP) is 2.79. The van der Waals surface area contributed by atoms with Crippen LogP contribution in [0.4, 0.5) is 11.5 Å². The molecule has 2 aliphatic heterocycles. The predicted molar refractivity (Wildman–Crippen MR) is 169 cm³/mol. The number of anilines is 2. The van der Waals surface area contributed by atoms with E-state index < -0.39 is 0 Å². The van der Waals surface area contributed by atoms with Gasteiger partial charge in [0.1, 0.15) is 11.8 Å². The highest BCUT2D eigenvalue weighted by Gasteiger charge is 2.48. The van der Waals surface area contributed by atoms with Crippen molar-refractivity contribution in [1.82, 2.24) is 20.0 Å². The number of fused-ring (bicyclic) bond motifs is 2. The van der Waals surface area contributed by atoms with Gasteiger partial charge in [0, 0.05) is 65.1 Å². The Hall–Kier alpha value is -2.55. The Morgan fingerprint density at radius 3 is 2.36 bits per heavy atom. The van der Waals surface area contributed by atoms with Crippen molar-refractivity contribution in [2.45, 2.75) is 101 Å². The number of ether oxygens (including phenoxy) is 3. The summed E-state index contributed by atoms with van der Waals surface area (Å²) >= 11 is 0. The van der Waals surface area contributed by atoms with Crippen molar-refractivity contribution >= 4 is 11.5 Å². The Labute approximate surface area is 261 Å². The maximum atomic E-state index is 11.0. The molecule has 44 heavy (non-hydrogen) atoms. The topological polar surface area (TPSA) is 179 Å². The van der Waals surface area contributed by atoms with Crippen LogP contribution in [0.3, 0.4) is 0 Å². The number of hydrogen-bond donors (Lipinski definition) is 4. The molecule has 2 aromatic heterocycles. The monoisotopic (exact) mass is 622 g/mol. The summed E-state index contributed by atoms with van der Waals surface area (Å²) < 4.78 is 23.0. The van der Waals surface area contributed by atoms with E-state index in [0.29, 0.717) is 29.0 Å². The second-order valence-electron chi connectivity index (χ2n) is 11.9. The minimum atomic E-state index is -0.386. The standard InChI is InChI=1S/C26H40N6O4.C4H8O.CH4O.H2O/c1-15(18-13-16(34-5)14-32(18)4)35-25-20(27-2)23(28-3)29-24(30-25)21-17-9-8-12-26(22(17)31-36-21)11-7-6-10-19(26)33;1-2-4-5-3-1;1-2;/h15-16,18-19,27,33H,6-14H2,1-5H3,(H,28,29,30);1-4H2;2H,1H3;1H2/t15-,16+,18?,19?,26+;;;/m0.../s1. The van der Waals surface area contributed by atoms with Gasteiger partial charge >= 0.3 is 0 Å². The van der Waals surface area contributed by atoms with Crippen LogP contribution in [0.15, 0.2) is 4.52 Å². The molecule has 2 aromatic rings. The second kappa shape index (κ2) is 16.7. The maximum Gasteiger partial charge on any atom is 0.243 e. The molecule has 250 valence electrons. The molecule has 5 atom stereocenters. The van der Waals surface area contributed by atoms with Crippen LogP contribution in [-0.2, 0) is 21.3 Å². The van der Waals surface area contributed by atoms with Crippen LogP contribution in [0.25, 0.3) is 11.6 Å². The van der Waals surface area contributed by atoms with Crippen LogP contribution in [0, 0.1) is 0 Å². The van der Waals surface area contributed by atoms with Gasteiger partial charge in [-0.2, -0.15) is 4.98 Å². The van der Waals surface area contributed by atoms with Gasteiger partial charge in [0.05, 0.1) is 17.9 Å². The highest BCUT2D eigenvalue weighted by Crippen LogP contribution is 2.49. The molecule has 4 aliphatic rings. The quantitative estimate of drug-likeness (QED) is 0.355. The van der Waals surface area contributed by atoms with Gasteiger partial charge in [-0.05, 0) is 65.3 Å². The lowest BCUT2D eigenvalue weighted by Crippen LogP contribution is -2.44. The lowest BCUT2D eigenvalue weighted by atomic mass is 9.63. The smallest absolute Gasteiger partial charge is 0.243 e. The summed E-state index contributed by atoms with van der Waals surface area (Å²) in [5.74, 6) is 2.14. The van der Waals surface area contributed by atoms with Gasteiger partial charge in [-0.25, -0.2) is 4.98 Å². The first-order valence-corrected chi connectivity index (χ1v) is 15.8. The van der Waals surface area contributed by atoms with Crippen molar-refractivity contribution in [1.29, 1.82) is 0 Å². The van der Waals surface area contributed by atoms with E-state index in [9.17, 15) is 5.11 Å². The zero-order chi connectivity index (χ0) is 31.0. The molecule has 1 spiro atoms. The van der Waals surface area contributed by atoms with E-state index in [0.717, 1.165) is 89.5 Å². The average Bonchev–Trinajstić information content (AvgIpc) is 3.82. The van der Waals surface area contributed by atoms with Crippen molar-refractivity contribution in [3.63, 3.8) is 0 Å². The van der Waals surface area contributed by atoms with E-state index in [1.165, 1.54) is 12.8 Å². The molecule has 0 radical (unpaired) electrons. The summed E-state index contributed by atoms with van der Waals surface area (Å²) in [7, 11) is 8.53. The van der Waals surface area contributed by atoms with Crippen molar-refractivity contribution < 1.29 is 34.4 Å². The van der Waals surface area contributed by atoms with Crippen LogP contribution in [-0.4, -0.2) is 115 Å². The molecule has 13 nitrogen and oxygen atoms in total. The summed E-state index contributed by atoms with van der Waals surface area (Å²) in [4.78, 5) is 11.9. The van der Waals surface area contributed by atoms with E-state index in [4.69, 9.17) is 33.8 Å². The molecule has 2 saturated heterocycles. The Morgan fingerprint density at radius 2 is 1.77 bits per heavy atom. The zero-order valence-corrected chi connectivity index (χ0v) is 27.3. The Bertz CT molecular complexity index is 1160. The Balaban J connectivity index is 0.000000592. The summed E-state index contributed by atoms with van der Waals surface area (Å²) in [6.45, 7) is 4.95. The average molecular weight is 623 g/mol. The number of likely N-dealkylation sites (N-methyl/N-ethyl adjacent to an activating group) is 1. The number of nitrogens with one attached hydrogen (secondary N) is 2. The maximum absolute atomic E-state index is 11.0. The fourth-order valence-corrected chi connectivity index (χ4v) is 7.10. The van der Waals surface area contributed by atoms with Crippen LogP contribution in [0.2, 0.25) is 0 Å². The molecule has 1 saturated carbocycles. The summed E-state index contributed by atoms with van der Waals surface area (Å²) in [6, 6.07) is 0.210. The molecule has 4 heterocycles. The summed E-state index contributed by atoms with van der Waals surface area (Å²) in [5, 5.41) is 28.9. The lowest BCUT2D eigenvalue weighted by molar-refractivity contribution is 0.0273. The van der Waals surface area contributed by atoms with Crippen molar-refractivity contribution in [2.75, 3.05) is 65.8 Å². The molecular weight excluding hydrogens is 568 g/mol. The molecule has 13 heteroatoms. The van der Waals surface area contributed by atoms with E-state index in [-0.39, 0.29) is 35.2 Å². The van der Waals surface area contributed by atoms with Gasteiger partial charge in [0.25, 0.3) is 0 Å². The number of aliphatic hydroxyl groups excluding tert-OH is 2. The van der Waals surface area contributed by atoms with Gasteiger partial charge in [-0.15, -0.1) is 0 Å². The Morgan fingerprint density at radius 1 is 1.05 bits per heavy atom. The minimum absolute atomic E-state index is 0. The number of aliphatic hydroxyl groups is 2. The van der Waals surface area contributed by atoms with Gasteiger partial charge in [0.15, 0.2) is 5.82 Å². The fraction of sp³-hybridized carbons (Fsp3) is 0.774. The number of nitrogens with zero attached hydrogens (tertiary/aromatic N) is 4. The van der Waals surface area contributed by atoms with Crippen LogP contribution in [0.1, 0.15) is 76.0 Å². The largest absolute Gasteiger partial charge is 0.471 e. The third kappa shape index (κ3) is 7.45. The highest BCUT2D eigenvalue weighted by molar-refractivity contribution is 5.73. The number of aromatic nitrogens is 3. The van der Waals surface area contributed by atoms with E-state index in [1.807, 2.05) is 14.1 Å². The molecule has 2 unspecified atom stereocenters. The molecular formula is C31H54N6O7. The summed E-state index contributed by atoms with van der Waals surface area (Å²) in [5.41, 5.74) is 2.31. The van der Waals surface area contributed by atoms with Crippen LogP contribution >= 0.6 is 0 Å². The number of methoxy groups -OCH3 is 1. The van der Waals surface area contributed by atoms with Crippen molar-refractivity contribution in [3.8, 4) is 17.5 Å². The second-order valence-corrected chi connectivity index (χ2v) is 11.9. The van der Waals surface area contributed by atoms with Gasteiger partial charge in [-0.3, -0.25) is 4.90 Å². The third-order valence-electron chi connectivity index (χ3n) is 9.43. The molecule has 6 rings (SSSR count). The number of rotatable bonds is 7. The molecule has 0 bridgehead atoms. The molecule has 3 fully saturated rings.